The molecule has 0 unspecified atom stereocenters. The van der Waals surface area contributed by atoms with Gasteiger partial charge in [-0.3, -0.25) is 24.5 Å². The fourth-order valence-corrected chi connectivity index (χ4v) is 1.70. The van der Waals surface area contributed by atoms with E-state index in [9.17, 15) is 37.7 Å². The summed E-state index contributed by atoms with van der Waals surface area (Å²) in [5.74, 6) is -2.91. The highest BCUT2D eigenvalue weighted by Crippen LogP contribution is 2.18. The maximum Gasteiger partial charge on any atom is 0.405 e. The molecule has 0 aliphatic heterocycles. The zero-order chi connectivity index (χ0) is 19.9. The van der Waals surface area contributed by atoms with E-state index in [1.807, 2.05) is 0 Å². The summed E-state index contributed by atoms with van der Waals surface area (Å²) in [5, 5.41) is 14.4. The number of nitrogens with zero attached hydrogens (tertiary/aromatic N) is 1. The van der Waals surface area contributed by atoms with Crippen molar-refractivity contribution >= 4 is 23.5 Å². The third-order valence-electron chi connectivity index (χ3n) is 2.90. The number of aryl methyl sites for hydroxylation is 1. The average molecular weight is 377 g/mol. The van der Waals surface area contributed by atoms with Crippen LogP contribution in [0.5, 0.6) is 0 Å². The van der Waals surface area contributed by atoms with Crippen molar-refractivity contribution in [3.8, 4) is 0 Å². The average Bonchev–Trinajstić information content (AvgIpc) is 2.54. The van der Waals surface area contributed by atoms with Crippen LogP contribution in [0.1, 0.15) is 15.9 Å². The molecule has 0 aliphatic rings. The topological polar surface area (TPSA) is 128 Å². The molecule has 0 heterocycles. The van der Waals surface area contributed by atoms with E-state index in [0.29, 0.717) is 0 Å². The van der Waals surface area contributed by atoms with E-state index < -0.39 is 48.6 Å². The molecule has 0 fully saturated rings. The van der Waals surface area contributed by atoms with Crippen LogP contribution in [0.3, 0.4) is 0 Å². The third kappa shape index (κ3) is 7.15. The number of halogens is 3. The SMILES string of the molecule is Cc1cc(C(=O)NCC(=O)OCC(=O)NCC(F)(F)F)ccc1[N+](=O)[O-]. The number of nitrogens with one attached hydrogen (secondary N) is 2. The third-order valence-corrected chi connectivity index (χ3v) is 2.90. The number of nitro benzene ring substituents is 1. The standard InChI is InChI=1S/C14H14F3N3O6/c1-8-4-9(2-3-10(8)20(24)25)13(23)18-5-12(22)26-6-11(21)19-7-14(15,16)17/h2-4H,5-7H2,1H3,(H,18,23)(H,19,21). The summed E-state index contributed by atoms with van der Waals surface area (Å²) in [4.78, 5) is 44.3. The molecular weight excluding hydrogens is 363 g/mol. The molecule has 1 aromatic rings. The Hall–Kier alpha value is -3.18. The van der Waals surface area contributed by atoms with E-state index in [1.54, 1.807) is 0 Å². The molecule has 26 heavy (non-hydrogen) atoms. The molecule has 1 rings (SSSR count). The predicted molar refractivity (Wildman–Crippen MR) is 80.2 cm³/mol. The number of esters is 1. The first-order chi connectivity index (χ1) is 12.0. The first kappa shape index (κ1) is 20.9. The minimum atomic E-state index is -4.59. The molecule has 12 heteroatoms. The highest BCUT2D eigenvalue weighted by atomic mass is 19.4. The Kier molecular flexibility index (Phi) is 7.05. The fourth-order valence-electron chi connectivity index (χ4n) is 1.70. The predicted octanol–water partition coefficient (Wildman–Crippen LogP) is 0.855. The van der Waals surface area contributed by atoms with Crippen molar-refractivity contribution in [3.63, 3.8) is 0 Å². The van der Waals surface area contributed by atoms with Crippen LogP contribution in [-0.4, -0.2) is 48.6 Å². The van der Waals surface area contributed by atoms with Crippen LogP contribution in [-0.2, 0) is 14.3 Å². The van der Waals surface area contributed by atoms with E-state index in [-0.39, 0.29) is 16.8 Å². The van der Waals surface area contributed by atoms with E-state index in [0.717, 1.165) is 6.07 Å². The van der Waals surface area contributed by atoms with Crippen molar-refractivity contribution in [1.82, 2.24) is 10.6 Å². The molecule has 1 aromatic carbocycles. The van der Waals surface area contributed by atoms with Crippen molar-refractivity contribution < 1.29 is 37.2 Å². The summed E-state index contributed by atoms with van der Waals surface area (Å²) in [7, 11) is 0. The second-order valence-corrected chi connectivity index (χ2v) is 4.99. The van der Waals surface area contributed by atoms with Gasteiger partial charge in [-0.1, -0.05) is 0 Å². The van der Waals surface area contributed by atoms with E-state index >= 15 is 0 Å². The second-order valence-electron chi connectivity index (χ2n) is 4.99. The smallest absolute Gasteiger partial charge is 0.405 e. The normalized spacial score (nSPS) is 10.8. The maximum absolute atomic E-state index is 11.9. The van der Waals surface area contributed by atoms with Gasteiger partial charge in [0, 0.05) is 17.2 Å². The van der Waals surface area contributed by atoms with Crippen molar-refractivity contribution in [2.24, 2.45) is 0 Å². The molecule has 9 nitrogen and oxygen atoms in total. The molecule has 142 valence electrons. The highest BCUT2D eigenvalue weighted by molar-refractivity contribution is 5.96. The van der Waals surface area contributed by atoms with Crippen molar-refractivity contribution in [2.45, 2.75) is 13.1 Å². The van der Waals surface area contributed by atoms with Crippen molar-refractivity contribution in [3.05, 3.63) is 39.4 Å². The molecular formula is C14H14F3N3O6. The van der Waals surface area contributed by atoms with Gasteiger partial charge in [0.1, 0.15) is 13.1 Å². The first-order valence-electron chi connectivity index (χ1n) is 7.02. The number of amides is 2. The lowest BCUT2D eigenvalue weighted by atomic mass is 10.1. The van der Waals surface area contributed by atoms with Gasteiger partial charge in [0.25, 0.3) is 17.5 Å². The van der Waals surface area contributed by atoms with Crippen molar-refractivity contribution in [2.75, 3.05) is 19.7 Å². The summed E-state index contributed by atoms with van der Waals surface area (Å²) < 4.78 is 40.0. The maximum atomic E-state index is 11.9. The van der Waals surface area contributed by atoms with Crippen LogP contribution in [0.2, 0.25) is 0 Å². The number of hydrogen-bond donors (Lipinski definition) is 2. The number of nitro groups is 1. The summed E-state index contributed by atoms with van der Waals surface area (Å²) in [6.45, 7) is -1.69. The quantitative estimate of drug-likeness (QED) is 0.412. The lowest BCUT2D eigenvalue weighted by molar-refractivity contribution is -0.385. The second kappa shape index (κ2) is 8.78. The molecule has 0 aromatic heterocycles. The Labute approximate surface area is 144 Å². The number of benzene rings is 1. The van der Waals surface area contributed by atoms with Crippen LogP contribution in [0.25, 0.3) is 0 Å². The number of carbonyl (C=O) groups is 3. The zero-order valence-electron chi connectivity index (χ0n) is 13.4. The van der Waals surface area contributed by atoms with Gasteiger partial charge in [-0.05, 0) is 19.1 Å². The summed E-state index contributed by atoms with van der Waals surface area (Å²) >= 11 is 0. The van der Waals surface area contributed by atoms with Crippen LogP contribution < -0.4 is 10.6 Å². The van der Waals surface area contributed by atoms with Gasteiger partial charge in [0.05, 0.1) is 4.92 Å². The van der Waals surface area contributed by atoms with Gasteiger partial charge in [0.15, 0.2) is 6.61 Å². The number of alkyl halides is 3. The molecule has 0 spiro atoms. The van der Waals surface area contributed by atoms with Crippen LogP contribution >= 0.6 is 0 Å². The number of carbonyl (C=O) groups excluding carboxylic acids is 3. The minimum absolute atomic E-state index is 0.0591. The molecule has 0 aliphatic carbocycles. The van der Waals surface area contributed by atoms with Gasteiger partial charge < -0.3 is 15.4 Å². The van der Waals surface area contributed by atoms with Gasteiger partial charge >= 0.3 is 12.1 Å². The number of ether oxygens (including phenoxy) is 1. The highest BCUT2D eigenvalue weighted by Gasteiger charge is 2.27. The van der Waals surface area contributed by atoms with E-state index in [1.165, 1.54) is 24.4 Å². The minimum Gasteiger partial charge on any atom is -0.454 e. The van der Waals surface area contributed by atoms with Gasteiger partial charge in [0.2, 0.25) is 0 Å². The molecule has 0 bridgehead atoms. The Morgan fingerprint density at radius 1 is 1.23 bits per heavy atom. The van der Waals surface area contributed by atoms with E-state index in [2.05, 4.69) is 10.1 Å². The van der Waals surface area contributed by atoms with E-state index in [4.69, 9.17) is 0 Å². The van der Waals surface area contributed by atoms with Gasteiger partial charge in [-0.15, -0.1) is 0 Å². The lowest BCUT2D eigenvalue weighted by Crippen LogP contribution is -2.37. The fraction of sp³-hybridized carbons (Fsp3) is 0.357. The lowest BCUT2D eigenvalue weighted by Gasteiger charge is -2.09. The summed E-state index contributed by atoms with van der Waals surface area (Å²) in [6.07, 6.45) is -4.59. The number of rotatable bonds is 7. The first-order valence-corrected chi connectivity index (χ1v) is 7.02. The van der Waals surface area contributed by atoms with Crippen molar-refractivity contribution in [1.29, 1.82) is 0 Å². The molecule has 2 N–H and O–H groups in total. The van der Waals surface area contributed by atoms with Crippen LogP contribution in [0.4, 0.5) is 18.9 Å². The van der Waals surface area contributed by atoms with Crippen LogP contribution in [0, 0.1) is 17.0 Å². The Balaban J connectivity index is 2.43. The molecule has 0 saturated heterocycles. The van der Waals surface area contributed by atoms with Crippen LogP contribution in [0.15, 0.2) is 18.2 Å². The molecule has 2 amide bonds. The number of hydrogen-bond acceptors (Lipinski definition) is 6. The molecule has 0 saturated carbocycles. The van der Waals surface area contributed by atoms with Gasteiger partial charge in [-0.25, -0.2) is 0 Å². The monoisotopic (exact) mass is 377 g/mol. The van der Waals surface area contributed by atoms with Gasteiger partial charge in [-0.2, -0.15) is 13.2 Å². The Morgan fingerprint density at radius 2 is 1.88 bits per heavy atom. The molecule has 0 radical (unpaired) electrons. The zero-order valence-corrected chi connectivity index (χ0v) is 13.4. The Bertz CT molecular complexity index is 720. The largest absolute Gasteiger partial charge is 0.454 e. The molecule has 0 atom stereocenters. The summed E-state index contributed by atoms with van der Waals surface area (Å²) in [6, 6.07) is 3.58. The Morgan fingerprint density at radius 3 is 2.42 bits per heavy atom. The summed E-state index contributed by atoms with van der Waals surface area (Å²) in [5.41, 5.74) is 0.126.